The van der Waals surface area contributed by atoms with Crippen molar-refractivity contribution in [2.45, 2.75) is 51.4 Å². The van der Waals surface area contributed by atoms with Crippen LogP contribution in [0, 0.1) is 5.92 Å². The molecule has 2 aliphatic rings. The molecule has 19 heavy (non-hydrogen) atoms. The maximum absolute atomic E-state index is 6.15. The van der Waals surface area contributed by atoms with Gasteiger partial charge in [0.05, 0.1) is 17.8 Å². The molecule has 0 spiro atoms. The summed E-state index contributed by atoms with van der Waals surface area (Å²) in [4.78, 5) is 2.55. The molecule has 0 aliphatic carbocycles. The van der Waals surface area contributed by atoms with Crippen LogP contribution in [0.4, 0.5) is 0 Å². The first kappa shape index (κ1) is 15.2. The Morgan fingerprint density at radius 3 is 2.37 bits per heavy atom. The molecule has 4 nitrogen and oxygen atoms in total. The number of hydrogen-bond acceptors (Lipinski definition) is 4. The fraction of sp³-hybridized carbons (Fsp3) is 1.00. The van der Waals surface area contributed by atoms with Crippen molar-refractivity contribution in [1.82, 2.24) is 10.2 Å². The quantitative estimate of drug-likeness (QED) is 0.843. The van der Waals surface area contributed by atoms with E-state index in [0.717, 1.165) is 39.3 Å². The molecule has 0 saturated carbocycles. The van der Waals surface area contributed by atoms with Gasteiger partial charge in [-0.25, -0.2) is 0 Å². The number of nitrogens with zero attached hydrogens (tertiary/aromatic N) is 1. The van der Waals surface area contributed by atoms with Crippen molar-refractivity contribution >= 4 is 0 Å². The molecule has 0 aromatic rings. The second kappa shape index (κ2) is 5.68. The van der Waals surface area contributed by atoms with Gasteiger partial charge in [0.25, 0.3) is 0 Å². The summed E-state index contributed by atoms with van der Waals surface area (Å²) in [6, 6.07) is 0.586. The lowest BCUT2D eigenvalue weighted by Gasteiger charge is -2.48. The van der Waals surface area contributed by atoms with Crippen LogP contribution in [0.15, 0.2) is 0 Å². The van der Waals surface area contributed by atoms with Crippen LogP contribution in [0.25, 0.3) is 0 Å². The van der Waals surface area contributed by atoms with E-state index in [4.69, 9.17) is 9.47 Å². The van der Waals surface area contributed by atoms with Gasteiger partial charge in [-0.05, 0) is 41.2 Å². The topological polar surface area (TPSA) is 33.7 Å². The molecule has 2 heterocycles. The zero-order valence-electron chi connectivity index (χ0n) is 13.2. The van der Waals surface area contributed by atoms with E-state index < -0.39 is 0 Å². The molecular weight excluding hydrogens is 240 g/mol. The maximum atomic E-state index is 6.15. The van der Waals surface area contributed by atoms with Gasteiger partial charge >= 0.3 is 0 Å². The molecule has 0 radical (unpaired) electrons. The Morgan fingerprint density at radius 2 is 1.79 bits per heavy atom. The van der Waals surface area contributed by atoms with Crippen LogP contribution in [0.5, 0.6) is 0 Å². The first-order valence-corrected chi connectivity index (χ1v) is 7.49. The molecule has 0 bridgehead atoms. The third kappa shape index (κ3) is 4.15. The van der Waals surface area contributed by atoms with Gasteiger partial charge in [-0.15, -0.1) is 0 Å². The van der Waals surface area contributed by atoms with Gasteiger partial charge in [-0.2, -0.15) is 0 Å². The predicted octanol–water partition coefficient (Wildman–Crippen LogP) is 1.50. The number of nitrogens with one attached hydrogen (secondary N) is 1. The molecular formula is C15H30N2O2. The minimum Gasteiger partial charge on any atom is -0.381 e. The molecule has 112 valence electrons. The third-order valence-corrected chi connectivity index (χ3v) is 4.10. The van der Waals surface area contributed by atoms with Crippen molar-refractivity contribution in [2.75, 3.05) is 39.9 Å². The van der Waals surface area contributed by atoms with Crippen LogP contribution in [-0.4, -0.2) is 62.0 Å². The highest BCUT2D eigenvalue weighted by Crippen LogP contribution is 2.29. The van der Waals surface area contributed by atoms with Crippen molar-refractivity contribution in [3.8, 4) is 0 Å². The summed E-state index contributed by atoms with van der Waals surface area (Å²) in [7, 11) is 2.07. The van der Waals surface area contributed by atoms with Crippen molar-refractivity contribution in [1.29, 1.82) is 0 Å². The SMILES string of the molecule is CNC1CCOCC1CN1CC(C)(C)OC(C)(C)C1. The Bertz CT molecular complexity index is 289. The lowest BCUT2D eigenvalue weighted by atomic mass is 9.92. The number of rotatable bonds is 3. The standard InChI is InChI=1S/C15H30N2O2/c1-14(2)10-17(11-15(3,4)19-14)8-12-9-18-7-6-13(12)16-5/h12-13,16H,6-11H2,1-5H3. The van der Waals surface area contributed by atoms with Crippen molar-refractivity contribution in [3.05, 3.63) is 0 Å². The predicted molar refractivity (Wildman–Crippen MR) is 77.5 cm³/mol. The molecule has 2 unspecified atom stereocenters. The van der Waals surface area contributed by atoms with Crippen molar-refractivity contribution in [3.63, 3.8) is 0 Å². The van der Waals surface area contributed by atoms with Gasteiger partial charge in [0, 0.05) is 38.2 Å². The maximum Gasteiger partial charge on any atom is 0.0760 e. The summed E-state index contributed by atoms with van der Waals surface area (Å²) in [5, 5.41) is 3.45. The van der Waals surface area contributed by atoms with E-state index in [2.05, 4.69) is 45.0 Å². The van der Waals surface area contributed by atoms with E-state index in [-0.39, 0.29) is 11.2 Å². The highest BCUT2D eigenvalue weighted by molar-refractivity contribution is 4.91. The summed E-state index contributed by atoms with van der Waals surface area (Å²) >= 11 is 0. The van der Waals surface area contributed by atoms with Crippen molar-refractivity contribution in [2.24, 2.45) is 5.92 Å². The summed E-state index contributed by atoms with van der Waals surface area (Å²) in [5.41, 5.74) is -0.126. The normalized spacial score (nSPS) is 35.2. The van der Waals surface area contributed by atoms with Crippen LogP contribution in [0.3, 0.4) is 0 Å². The fourth-order valence-electron chi connectivity index (χ4n) is 3.76. The van der Waals surface area contributed by atoms with E-state index >= 15 is 0 Å². The fourth-order valence-corrected chi connectivity index (χ4v) is 3.76. The Kier molecular flexibility index (Phi) is 4.56. The highest BCUT2D eigenvalue weighted by atomic mass is 16.5. The Morgan fingerprint density at radius 1 is 1.16 bits per heavy atom. The lowest BCUT2D eigenvalue weighted by molar-refractivity contribution is -0.184. The minimum atomic E-state index is -0.0631. The van der Waals surface area contributed by atoms with Crippen LogP contribution in [-0.2, 0) is 9.47 Å². The minimum absolute atomic E-state index is 0.0631. The summed E-state index contributed by atoms with van der Waals surface area (Å²) in [6.07, 6.45) is 1.12. The molecule has 0 aromatic heterocycles. The molecule has 4 heteroatoms. The Balaban J connectivity index is 1.97. The van der Waals surface area contributed by atoms with E-state index in [1.807, 2.05) is 0 Å². The zero-order chi connectivity index (χ0) is 14.1. The second-order valence-electron chi connectivity index (χ2n) is 7.31. The van der Waals surface area contributed by atoms with E-state index in [9.17, 15) is 0 Å². The van der Waals surface area contributed by atoms with Crippen LogP contribution < -0.4 is 5.32 Å². The highest BCUT2D eigenvalue weighted by Gasteiger charge is 2.39. The summed E-state index contributed by atoms with van der Waals surface area (Å²) < 4.78 is 11.8. The van der Waals surface area contributed by atoms with Gasteiger partial charge in [0.2, 0.25) is 0 Å². The first-order valence-electron chi connectivity index (χ1n) is 7.49. The molecule has 2 rings (SSSR count). The smallest absolute Gasteiger partial charge is 0.0760 e. The number of morpholine rings is 1. The van der Waals surface area contributed by atoms with Gasteiger partial charge in [0.15, 0.2) is 0 Å². The first-order chi connectivity index (χ1) is 8.81. The van der Waals surface area contributed by atoms with E-state index in [1.165, 1.54) is 0 Å². The summed E-state index contributed by atoms with van der Waals surface area (Å²) in [5.74, 6) is 0.587. The van der Waals surface area contributed by atoms with Gasteiger partial charge in [-0.3, -0.25) is 4.90 Å². The van der Waals surface area contributed by atoms with E-state index in [1.54, 1.807) is 0 Å². The molecule has 2 aliphatic heterocycles. The summed E-state index contributed by atoms with van der Waals surface area (Å²) in [6.45, 7) is 13.6. The Labute approximate surface area is 117 Å². The average Bonchev–Trinajstić information content (AvgIpc) is 2.25. The van der Waals surface area contributed by atoms with Crippen LogP contribution in [0.2, 0.25) is 0 Å². The van der Waals surface area contributed by atoms with Crippen LogP contribution >= 0.6 is 0 Å². The molecule has 0 aromatic carbocycles. The van der Waals surface area contributed by atoms with Gasteiger partial charge in [0.1, 0.15) is 0 Å². The van der Waals surface area contributed by atoms with E-state index in [0.29, 0.717) is 12.0 Å². The lowest BCUT2D eigenvalue weighted by Crippen LogP contribution is -2.59. The molecule has 2 fully saturated rings. The van der Waals surface area contributed by atoms with Crippen LogP contribution in [0.1, 0.15) is 34.1 Å². The largest absolute Gasteiger partial charge is 0.381 e. The molecule has 2 saturated heterocycles. The average molecular weight is 270 g/mol. The number of ether oxygens (including phenoxy) is 2. The number of hydrogen-bond donors (Lipinski definition) is 1. The van der Waals surface area contributed by atoms with Crippen molar-refractivity contribution < 1.29 is 9.47 Å². The zero-order valence-corrected chi connectivity index (χ0v) is 13.2. The molecule has 2 atom stereocenters. The monoisotopic (exact) mass is 270 g/mol. The second-order valence-corrected chi connectivity index (χ2v) is 7.31. The Hall–Kier alpha value is -0.160. The van der Waals surface area contributed by atoms with Gasteiger partial charge < -0.3 is 14.8 Å². The molecule has 0 amide bonds. The van der Waals surface area contributed by atoms with Gasteiger partial charge in [-0.1, -0.05) is 0 Å². The molecule has 1 N–H and O–H groups in total. The third-order valence-electron chi connectivity index (χ3n) is 4.10.